The van der Waals surface area contributed by atoms with Crippen molar-refractivity contribution in [2.75, 3.05) is 60.5 Å². The van der Waals surface area contributed by atoms with Gasteiger partial charge in [0.1, 0.15) is 0 Å². The molecule has 0 bridgehead atoms. The van der Waals surface area contributed by atoms with Crippen molar-refractivity contribution in [2.45, 2.75) is 13.3 Å². The van der Waals surface area contributed by atoms with Gasteiger partial charge in [0.15, 0.2) is 0 Å². The Morgan fingerprint density at radius 1 is 0.750 bits per heavy atom. The molecule has 1 N–H and O–H groups in total. The molecule has 0 amide bonds. The number of methoxy groups -OCH3 is 2. The summed E-state index contributed by atoms with van der Waals surface area (Å²) in [6, 6.07) is 0. The summed E-state index contributed by atoms with van der Waals surface area (Å²) in [7, 11) is 3.29. The zero-order chi connectivity index (χ0) is 12.5. The second kappa shape index (κ2) is 20.2. The van der Waals surface area contributed by atoms with Crippen molar-refractivity contribution in [3.63, 3.8) is 0 Å². The zero-order valence-corrected chi connectivity index (χ0v) is 10.7. The minimum atomic E-state index is 0.0870. The first-order chi connectivity index (χ1) is 7.83. The molecular weight excluding hydrogens is 212 g/mol. The van der Waals surface area contributed by atoms with Gasteiger partial charge >= 0.3 is 0 Å². The maximum atomic E-state index is 8.20. The predicted octanol–water partition coefficient (Wildman–Crippen LogP) is 0.701. The standard InChI is InChI=1S/C6H14O2.C5H12O3/c1-3-4-8-6-5-7-2;1-7-4-5-8-3-2-6/h3-6H2,1-2H3;6H,2-5H2,1H3. The fourth-order valence-corrected chi connectivity index (χ4v) is 0.698. The minimum absolute atomic E-state index is 0.0870. The van der Waals surface area contributed by atoms with E-state index in [4.69, 9.17) is 19.3 Å². The Morgan fingerprint density at radius 3 is 1.62 bits per heavy atom. The van der Waals surface area contributed by atoms with Gasteiger partial charge < -0.3 is 24.1 Å². The second-order valence-corrected chi connectivity index (χ2v) is 2.93. The molecule has 0 aromatic heterocycles. The van der Waals surface area contributed by atoms with Crippen molar-refractivity contribution in [1.29, 1.82) is 0 Å². The van der Waals surface area contributed by atoms with E-state index in [1.165, 1.54) is 0 Å². The van der Waals surface area contributed by atoms with Crippen LogP contribution in [0.3, 0.4) is 0 Å². The van der Waals surface area contributed by atoms with Crippen molar-refractivity contribution >= 4 is 0 Å². The Labute approximate surface area is 98.6 Å². The van der Waals surface area contributed by atoms with Crippen molar-refractivity contribution in [3.8, 4) is 0 Å². The van der Waals surface area contributed by atoms with Crippen LogP contribution in [0.25, 0.3) is 0 Å². The molecule has 0 unspecified atom stereocenters. The lowest BCUT2D eigenvalue weighted by atomic mass is 10.5. The number of aliphatic hydroxyl groups excluding tert-OH is 1. The van der Waals surface area contributed by atoms with Gasteiger partial charge in [0.05, 0.1) is 39.6 Å². The van der Waals surface area contributed by atoms with Crippen LogP contribution in [-0.2, 0) is 18.9 Å². The molecule has 0 spiro atoms. The van der Waals surface area contributed by atoms with Gasteiger partial charge in [-0.3, -0.25) is 0 Å². The number of rotatable bonds is 10. The van der Waals surface area contributed by atoms with Crippen molar-refractivity contribution < 1.29 is 24.1 Å². The molecule has 5 nitrogen and oxygen atoms in total. The summed E-state index contributed by atoms with van der Waals surface area (Å²) in [5.74, 6) is 0. The molecule has 100 valence electrons. The molecular formula is C11H26O5. The summed E-state index contributed by atoms with van der Waals surface area (Å²) >= 11 is 0. The van der Waals surface area contributed by atoms with Gasteiger partial charge in [-0.2, -0.15) is 0 Å². The number of hydrogen-bond donors (Lipinski definition) is 1. The molecule has 0 aromatic carbocycles. The smallest absolute Gasteiger partial charge is 0.0701 e. The fraction of sp³-hybridized carbons (Fsp3) is 1.00. The lowest BCUT2D eigenvalue weighted by molar-refractivity contribution is 0.0500. The van der Waals surface area contributed by atoms with Crippen LogP contribution in [0.4, 0.5) is 0 Å². The summed E-state index contributed by atoms with van der Waals surface area (Å²) in [5, 5.41) is 8.20. The van der Waals surface area contributed by atoms with E-state index in [9.17, 15) is 0 Å². The fourth-order valence-electron chi connectivity index (χ4n) is 0.698. The third-order valence-corrected chi connectivity index (χ3v) is 1.45. The van der Waals surface area contributed by atoms with Crippen LogP contribution < -0.4 is 0 Å². The molecule has 0 aliphatic carbocycles. The number of hydrogen-bond acceptors (Lipinski definition) is 5. The van der Waals surface area contributed by atoms with Gasteiger partial charge in [-0.15, -0.1) is 0 Å². The van der Waals surface area contributed by atoms with Crippen LogP contribution in [0.5, 0.6) is 0 Å². The monoisotopic (exact) mass is 238 g/mol. The average molecular weight is 238 g/mol. The largest absolute Gasteiger partial charge is 0.394 e. The third kappa shape index (κ3) is 23.5. The van der Waals surface area contributed by atoms with E-state index >= 15 is 0 Å². The highest BCUT2D eigenvalue weighted by atomic mass is 16.5. The Morgan fingerprint density at radius 2 is 1.25 bits per heavy atom. The molecule has 0 atom stereocenters. The Hall–Kier alpha value is -0.200. The second-order valence-electron chi connectivity index (χ2n) is 2.93. The maximum absolute atomic E-state index is 8.20. The third-order valence-electron chi connectivity index (χ3n) is 1.45. The first kappa shape index (κ1) is 18.2. The van der Waals surface area contributed by atoms with Crippen molar-refractivity contribution in [1.82, 2.24) is 0 Å². The average Bonchev–Trinajstić information content (AvgIpc) is 2.31. The molecule has 0 rings (SSSR count). The number of ether oxygens (including phenoxy) is 4. The Kier molecular flexibility index (Phi) is 23.0. The SMILES string of the molecule is CCCOCCOC.COCCOCCO. The maximum Gasteiger partial charge on any atom is 0.0701 e. The van der Waals surface area contributed by atoms with E-state index < -0.39 is 0 Å². The van der Waals surface area contributed by atoms with E-state index in [-0.39, 0.29) is 6.61 Å². The van der Waals surface area contributed by atoms with E-state index in [2.05, 4.69) is 11.7 Å². The zero-order valence-electron chi connectivity index (χ0n) is 10.7. The minimum Gasteiger partial charge on any atom is -0.394 e. The van der Waals surface area contributed by atoms with Crippen LogP contribution in [-0.4, -0.2) is 65.6 Å². The highest BCUT2D eigenvalue weighted by Gasteiger charge is 1.82. The van der Waals surface area contributed by atoms with Gasteiger partial charge in [0, 0.05) is 20.8 Å². The van der Waals surface area contributed by atoms with Crippen LogP contribution in [0.2, 0.25) is 0 Å². The summed E-state index contributed by atoms with van der Waals surface area (Å²) in [6.07, 6.45) is 1.09. The van der Waals surface area contributed by atoms with Gasteiger partial charge in [0.2, 0.25) is 0 Å². The quantitative estimate of drug-likeness (QED) is 0.568. The lowest BCUT2D eigenvalue weighted by Crippen LogP contribution is -2.05. The Bertz CT molecular complexity index is 76.4. The molecule has 0 radical (unpaired) electrons. The first-order valence-electron chi connectivity index (χ1n) is 5.57. The lowest BCUT2D eigenvalue weighted by Gasteiger charge is -1.98. The molecule has 0 heterocycles. The topological polar surface area (TPSA) is 57.2 Å². The molecule has 16 heavy (non-hydrogen) atoms. The van der Waals surface area contributed by atoms with Gasteiger partial charge in [0.25, 0.3) is 0 Å². The Balaban J connectivity index is 0. The van der Waals surface area contributed by atoms with Crippen LogP contribution in [0.15, 0.2) is 0 Å². The van der Waals surface area contributed by atoms with Crippen LogP contribution >= 0.6 is 0 Å². The highest BCUT2D eigenvalue weighted by molar-refractivity contribution is 4.27. The molecule has 0 fully saturated rings. The molecule has 5 heteroatoms. The summed E-state index contributed by atoms with van der Waals surface area (Å²) in [6.45, 7) is 6.03. The normalized spacial score (nSPS) is 9.75. The van der Waals surface area contributed by atoms with Crippen molar-refractivity contribution in [3.05, 3.63) is 0 Å². The first-order valence-corrected chi connectivity index (χ1v) is 5.57. The van der Waals surface area contributed by atoms with Crippen molar-refractivity contribution in [2.24, 2.45) is 0 Å². The highest BCUT2D eigenvalue weighted by Crippen LogP contribution is 1.78. The van der Waals surface area contributed by atoms with Gasteiger partial charge in [-0.25, -0.2) is 0 Å². The van der Waals surface area contributed by atoms with E-state index in [0.29, 0.717) is 26.4 Å². The van der Waals surface area contributed by atoms with E-state index in [1.807, 2.05) is 0 Å². The van der Waals surface area contributed by atoms with Gasteiger partial charge in [-0.1, -0.05) is 6.92 Å². The molecule has 0 aromatic rings. The number of aliphatic hydroxyl groups is 1. The summed E-state index contributed by atoms with van der Waals surface area (Å²) < 4.78 is 19.4. The summed E-state index contributed by atoms with van der Waals surface area (Å²) in [5.41, 5.74) is 0. The van der Waals surface area contributed by atoms with Crippen LogP contribution in [0, 0.1) is 0 Å². The molecule has 0 saturated carbocycles. The van der Waals surface area contributed by atoms with E-state index in [1.54, 1.807) is 14.2 Å². The predicted molar refractivity (Wildman–Crippen MR) is 62.8 cm³/mol. The van der Waals surface area contributed by atoms with Crippen LogP contribution in [0.1, 0.15) is 13.3 Å². The molecule has 0 saturated heterocycles. The molecule has 0 aliphatic heterocycles. The molecule has 0 aliphatic rings. The summed E-state index contributed by atoms with van der Waals surface area (Å²) in [4.78, 5) is 0. The van der Waals surface area contributed by atoms with Gasteiger partial charge in [-0.05, 0) is 6.42 Å². The van der Waals surface area contributed by atoms with E-state index in [0.717, 1.165) is 19.6 Å².